The summed E-state index contributed by atoms with van der Waals surface area (Å²) in [6.45, 7) is 11.2. The standard InChI is InChI=1S/C14H20N4O/c1-9-5-10(2)18(15-9)13-6-17(7-13)8-14-11(3)16-19-12(14)4/h5,13H,6-8H2,1-4H3. The maximum atomic E-state index is 5.20. The van der Waals surface area contributed by atoms with Crippen LogP contribution in [0.5, 0.6) is 0 Å². The Kier molecular flexibility index (Phi) is 2.93. The van der Waals surface area contributed by atoms with Crippen LogP contribution in [0.2, 0.25) is 0 Å². The van der Waals surface area contributed by atoms with Crippen LogP contribution in [0.3, 0.4) is 0 Å². The molecule has 0 spiro atoms. The molecule has 102 valence electrons. The van der Waals surface area contributed by atoms with Gasteiger partial charge in [-0.1, -0.05) is 5.16 Å². The topological polar surface area (TPSA) is 47.1 Å². The Labute approximate surface area is 113 Å². The first kappa shape index (κ1) is 12.4. The highest BCUT2D eigenvalue weighted by Crippen LogP contribution is 2.26. The zero-order valence-electron chi connectivity index (χ0n) is 12.0. The molecule has 0 amide bonds. The van der Waals surface area contributed by atoms with Crippen molar-refractivity contribution in [3.8, 4) is 0 Å². The summed E-state index contributed by atoms with van der Waals surface area (Å²) in [5.41, 5.74) is 4.58. The molecular formula is C14H20N4O. The molecule has 19 heavy (non-hydrogen) atoms. The van der Waals surface area contributed by atoms with E-state index in [1.165, 1.54) is 11.3 Å². The molecule has 1 saturated heterocycles. The van der Waals surface area contributed by atoms with Gasteiger partial charge in [-0.05, 0) is 33.8 Å². The van der Waals surface area contributed by atoms with Crippen LogP contribution in [-0.2, 0) is 6.54 Å². The predicted molar refractivity (Wildman–Crippen MR) is 72.0 cm³/mol. The molecular weight excluding hydrogens is 240 g/mol. The van der Waals surface area contributed by atoms with Gasteiger partial charge in [-0.25, -0.2) is 0 Å². The van der Waals surface area contributed by atoms with Crippen LogP contribution in [0.1, 0.15) is 34.4 Å². The van der Waals surface area contributed by atoms with Crippen LogP contribution in [0.15, 0.2) is 10.6 Å². The lowest BCUT2D eigenvalue weighted by molar-refractivity contribution is 0.0887. The van der Waals surface area contributed by atoms with E-state index in [1.807, 2.05) is 20.8 Å². The molecule has 1 fully saturated rings. The number of hydrogen-bond acceptors (Lipinski definition) is 4. The SMILES string of the molecule is Cc1cc(C)n(C2CN(Cc3c(C)noc3C)C2)n1. The second kappa shape index (κ2) is 4.49. The average Bonchev–Trinajstić information content (AvgIpc) is 2.78. The van der Waals surface area contributed by atoms with Crippen molar-refractivity contribution in [2.45, 2.75) is 40.3 Å². The van der Waals surface area contributed by atoms with Crippen molar-refractivity contribution < 1.29 is 4.52 Å². The number of aryl methyl sites for hydroxylation is 4. The molecule has 1 aliphatic rings. The molecule has 0 radical (unpaired) electrons. The molecule has 0 bridgehead atoms. The van der Waals surface area contributed by atoms with E-state index in [0.29, 0.717) is 6.04 Å². The number of rotatable bonds is 3. The van der Waals surface area contributed by atoms with Crippen LogP contribution in [0, 0.1) is 27.7 Å². The lowest BCUT2D eigenvalue weighted by Crippen LogP contribution is -2.47. The Morgan fingerprint density at radius 2 is 2.00 bits per heavy atom. The Bertz CT molecular complexity index is 573. The van der Waals surface area contributed by atoms with Gasteiger partial charge in [-0.15, -0.1) is 0 Å². The van der Waals surface area contributed by atoms with Gasteiger partial charge in [0.25, 0.3) is 0 Å². The highest BCUT2D eigenvalue weighted by Gasteiger charge is 2.30. The zero-order chi connectivity index (χ0) is 13.6. The van der Waals surface area contributed by atoms with Crippen LogP contribution in [0.25, 0.3) is 0 Å². The molecule has 5 nitrogen and oxygen atoms in total. The smallest absolute Gasteiger partial charge is 0.138 e. The summed E-state index contributed by atoms with van der Waals surface area (Å²) in [6, 6.07) is 2.64. The molecule has 2 aromatic heterocycles. The van der Waals surface area contributed by atoms with E-state index in [9.17, 15) is 0 Å². The van der Waals surface area contributed by atoms with Crippen molar-refractivity contribution in [1.82, 2.24) is 19.8 Å². The van der Waals surface area contributed by atoms with Crippen molar-refractivity contribution in [1.29, 1.82) is 0 Å². The quantitative estimate of drug-likeness (QED) is 0.848. The molecule has 0 unspecified atom stereocenters. The van der Waals surface area contributed by atoms with Crippen LogP contribution >= 0.6 is 0 Å². The summed E-state index contributed by atoms with van der Waals surface area (Å²) < 4.78 is 7.36. The van der Waals surface area contributed by atoms with Crippen molar-refractivity contribution in [3.05, 3.63) is 34.5 Å². The van der Waals surface area contributed by atoms with Crippen molar-refractivity contribution in [2.24, 2.45) is 0 Å². The minimum atomic E-state index is 0.508. The molecule has 3 rings (SSSR count). The minimum absolute atomic E-state index is 0.508. The average molecular weight is 260 g/mol. The zero-order valence-corrected chi connectivity index (χ0v) is 12.0. The number of hydrogen-bond donors (Lipinski definition) is 0. The van der Waals surface area contributed by atoms with Crippen LogP contribution < -0.4 is 0 Å². The summed E-state index contributed by atoms with van der Waals surface area (Å²) in [5.74, 6) is 0.937. The lowest BCUT2D eigenvalue weighted by Gasteiger charge is -2.39. The van der Waals surface area contributed by atoms with Gasteiger partial charge in [0.15, 0.2) is 0 Å². The van der Waals surface area contributed by atoms with Gasteiger partial charge < -0.3 is 4.52 Å². The maximum absolute atomic E-state index is 5.20. The summed E-state index contributed by atoms with van der Waals surface area (Å²) in [4.78, 5) is 2.41. The van der Waals surface area contributed by atoms with Crippen molar-refractivity contribution in [3.63, 3.8) is 0 Å². The molecule has 0 saturated carbocycles. The van der Waals surface area contributed by atoms with Crippen LogP contribution in [0.4, 0.5) is 0 Å². The first-order valence-electron chi connectivity index (χ1n) is 6.71. The van der Waals surface area contributed by atoms with E-state index in [-0.39, 0.29) is 0 Å². The largest absolute Gasteiger partial charge is 0.361 e. The number of likely N-dealkylation sites (tertiary alicyclic amines) is 1. The van der Waals surface area contributed by atoms with Gasteiger partial charge in [0, 0.05) is 30.9 Å². The fourth-order valence-corrected chi connectivity index (χ4v) is 2.79. The van der Waals surface area contributed by atoms with Gasteiger partial charge in [0.05, 0.1) is 17.4 Å². The van der Waals surface area contributed by atoms with Crippen molar-refractivity contribution in [2.75, 3.05) is 13.1 Å². The fourth-order valence-electron chi connectivity index (χ4n) is 2.79. The van der Waals surface area contributed by atoms with Gasteiger partial charge >= 0.3 is 0 Å². The molecule has 0 atom stereocenters. The second-order valence-corrected chi connectivity index (χ2v) is 5.52. The van der Waals surface area contributed by atoms with Crippen molar-refractivity contribution >= 4 is 0 Å². The molecule has 1 aliphatic heterocycles. The van der Waals surface area contributed by atoms with Gasteiger partial charge in [-0.3, -0.25) is 9.58 Å². The van der Waals surface area contributed by atoms with E-state index in [2.05, 4.69) is 32.8 Å². The summed E-state index contributed by atoms with van der Waals surface area (Å²) in [6.07, 6.45) is 0. The fraction of sp³-hybridized carbons (Fsp3) is 0.571. The Hall–Kier alpha value is -1.62. The summed E-state index contributed by atoms with van der Waals surface area (Å²) in [5, 5.41) is 8.56. The number of nitrogens with zero attached hydrogens (tertiary/aromatic N) is 4. The van der Waals surface area contributed by atoms with E-state index >= 15 is 0 Å². The third-order valence-electron chi connectivity index (χ3n) is 3.89. The number of aromatic nitrogens is 3. The van der Waals surface area contributed by atoms with E-state index < -0.39 is 0 Å². The van der Waals surface area contributed by atoms with Gasteiger partial charge in [-0.2, -0.15) is 5.10 Å². The predicted octanol–water partition coefficient (Wildman–Crippen LogP) is 2.16. The molecule has 0 aliphatic carbocycles. The van der Waals surface area contributed by atoms with Gasteiger partial charge in [0.1, 0.15) is 5.76 Å². The summed E-state index contributed by atoms with van der Waals surface area (Å²) >= 11 is 0. The molecule has 2 aromatic rings. The molecule has 0 N–H and O–H groups in total. The monoisotopic (exact) mass is 260 g/mol. The molecule has 0 aromatic carbocycles. The summed E-state index contributed by atoms with van der Waals surface area (Å²) in [7, 11) is 0. The third kappa shape index (κ3) is 2.18. The Morgan fingerprint density at radius 3 is 2.53 bits per heavy atom. The normalized spacial score (nSPS) is 16.8. The molecule has 5 heteroatoms. The van der Waals surface area contributed by atoms with E-state index in [4.69, 9.17) is 4.52 Å². The maximum Gasteiger partial charge on any atom is 0.138 e. The van der Waals surface area contributed by atoms with Gasteiger partial charge in [0.2, 0.25) is 0 Å². The first-order valence-corrected chi connectivity index (χ1v) is 6.71. The highest BCUT2D eigenvalue weighted by atomic mass is 16.5. The third-order valence-corrected chi connectivity index (χ3v) is 3.89. The highest BCUT2D eigenvalue weighted by molar-refractivity contribution is 5.21. The Morgan fingerprint density at radius 1 is 1.26 bits per heavy atom. The first-order chi connectivity index (χ1) is 9.04. The van der Waals surface area contributed by atoms with Crippen LogP contribution in [-0.4, -0.2) is 32.9 Å². The van der Waals surface area contributed by atoms with E-state index in [0.717, 1.165) is 36.8 Å². The minimum Gasteiger partial charge on any atom is -0.361 e. The lowest BCUT2D eigenvalue weighted by atomic mass is 10.1. The second-order valence-electron chi connectivity index (χ2n) is 5.52. The molecule has 3 heterocycles. The van der Waals surface area contributed by atoms with E-state index in [1.54, 1.807) is 0 Å². The Balaban J connectivity index is 1.63.